The van der Waals surface area contributed by atoms with E-state index in [1.165, 1.54) is 16.8 Å². The van der Waals surface area contributed by atoms with Gasteiger partial charge in [0.15, 0.2) is 0 Å². The summed E-state index contributed by atoms with van der Waals surface area (Å²) in [6.07, 6.45) is 3.41. The van der Waals surface area contributed by atoms with Gasteiger partial charge in [-0.1, -0.05) is 66.2 Å². The van der Waals surface area contributed by atoms with E-state index in [1.54, 1.807) is 48.7 Å². The molecule has 3 aromatic carbocycles. The van der Waals surface area contributed by atoms with Crippen LogP contribution in [0, 0.1) is 6.92 Å². The van der Waals surface area contributed by atoms with Gasteiger partial charge in [-0.2, -0.15) is 5.10 Å². The molecule has 0 spiro atoms. The molecule has 0 radical (unpaired) electrons. The summed E-state index contributed by atoms with van der Waals surface area (Å²) in [5.74, 6) is -0.612. The summed E-state index contributed by atoms with van der Waals surface area (Å²) in [5, 5.41) is 4.61. The number of aromatic nitrogens is 2. The number of aryl methyl sites for hydroxylation is 1. The van der Waals surface area contributed by atoms with Crippen LogP contribution in [0.3, 0.4) is 0 Å². The largest absolute Gasteiger partial charge is 0.364 e. The van der Waals surface area contributed by atoms with E-state index in [4.69, 9.17) is 5.73 Å². The van der Waals surface area contributed by atoms with E-state index in [-0.39, 0.29) is 10.6 Å². The van der Waals surface area contributed by atoms with E-state index in [1.807, 2.05) is 44.2 Å². The highest BCUT2D eigenvalue weighted by molar-refractivity contribution is 7.92. The number of primary amides is 1. The molecular weight excluding hydrogens is 448 g/mol. The number of hydrogen-bond donors (Lipinski definition) is 2. The quantitative estimate of drug-likeness (QED) is 0.398. The smallest absolute Gasteiger partial charge is 0.268 e. The SMILES string of the molecule is C/C=C/n1nc(-c2ccc(S(=O)(=O)Nc3ccccc3)cc2)c(-c2ccc(C)cc2)c1C(N)=O. The average Bonchev–Trinajstić information content (AvgIpc) is 3.20. The first-order valence-electron chi connectivity index (χ1n) is 10.6. The number of benzene rings is 3. The fourth-order valence-electron chi connectivity index (χ4n) is 3.63. The zero-order chi connectivity index (χ0) is 24.3. The number of sulfonamides is 1. The van der Waals surface area contributed by atoms with Crippen LogP contribution < -0.4 is 10.5 Å². The fraction of sp³-hybridized carbons (Fsp3) is 0.0769. The maximum absolute atomic E-state index is 12.8. The van der Waals surface area contributed by atoms with Crippen molar-refractivity contribution < 1.29 is 13.2 Å². The number of nitrogens with two attached hydrogens (primary N) is 1. The molecule has 34 heavy (non-hydrogen) atoms. The number of nitrogens with zero attached hydrogens (tertiary/aromatic N) is 2. The summed E-state index contributed by atoms with van der Waals surface area (Å²) in [6.45, 7) is 3.79. The molecule has 0 atom stereocenters. The second kappa shape index (κ2) is 9.36. The summed E-state index contributed by atoms with van der Waals surface area (Å²) in [6, 6.07) is 22.8. The van der Waals surface area contributed by atoms with Crippen LogP contribution in [0.4, 0.5) is 5.69 Å². The molecule has 0 aliphatic rings. The molecule has 1 aromatic heterocycles. The van der Waals surface area contributed by atoms with Crippen LogP contribution in [0.15, 0.2) is 89.8 Å². The van der Waals surface area contributed by atoms with Crippen LogP contribution in [0.1, 0.15) is 23.0 Å². The van der Waals surface area contributed by atoms with Gasteiger partial charge < -0.3 is 5.73 Å². The highest BCUT2D eigenvalue weighted by atomic mass is 32.2. The first kappa shape index (κ1) is 23.0. The summed E-state index contributed by atoms with van der Waals surface area (Å²) in [5.41, 5.74) is 10.1. The second-order valence-electron chi connectivity index (χ2n) is 7.73. The lowest BCUT2D eigenvalue weighted by molar-refractivity contribution is 0.0994. The van der Waals surface area contributed by atoms with Crippen molar-refractivity contribution in [1.82, 2.24) is 9.78 Å². The monoisotopic (exact) mass is 472 g/mol. The molecule has 4 rings (SSSR count). The van der Waals surface area contributed by atoms with Gasteiger partial charge in [0.05, 0.1) is 4.90 Å². The van der Waals surface area contributed by atoms with Crippen LogP contribution >= 0.6 is 0 Å². The number of anilines is 1. The van der Waals surface area contributed by atoms with Crippen molar-refractivity contribution in [1.29, 1.82) is 0 Å². The van der Waals surface area contributed by atoms with E-state index in [2.05, 4.69) is 9.82 Å². The number of carbonyl (C=O) groups is 1. The van der Waals surface area contributed by atoms with E-state index in [0.29, 0.717) is 22.5 Å². The zero-order valence-electron chi connectivity index (χ0n) is 18.8. The minimum atomic E-state index is -3.77. The molecule has 0 bridgehead atoms. The highest BCUT2D eigenvalue weighted by Crippen LogP contribution is 2.35. The standard InChI is InChI=1S/C26H24N4O3S/c1-3-17-30-25(26(27)31)23(19-11-9-18(2)10-12-19)24(28-30)20-13-15-22(16-14-20)34(32,33)29-21-7-5-4-6-8-21/h3-17,29H,1-2H3,(H2,27,31)/b17-3+. The molecule has 0 saturated carbocycles. The molecule has 8 heteroatoms. The summed E-state index contributed by atoms with van der Waals surface area (Å²) < 4.78 is 29.6. The molecule has 0 aliphatic carbocycles. The Morgan fingerprint density at radius 2 is 1.56 bits per heavy atom. The first-order chi connectivity index (χ1) is 16.3. The Hall–Kier alpha value is -4.17. The number of para-hydroxylation sites is 1. The van der Waals surface area contributed by atoms with E-state index >= 15 is 0 Å². The third-order valence-corrected chi connectivity index (χ3v) is 6.64. The Kier molecular flexibility index (Phi) is 6.34. The number of carbonyl (C=O) groups excluding carboxylic acids is 1. The maximum atomic E-state index is 12.8. The lowest BCUT2D eigenvalue weighted by Gasteiger charge is -2.09. The van der Waals surface area contributed by atoms with Crippen molar-refractivity contribution in [3.8, 4) is 22.4 Å². The van der Waals surface area contributed by atoms with Crippen molar-refractivity contribution in [2.24, 2.45) is 5.73 Å². The minimum Gasteiger partial charge on any atom is -0.364 e. The Morgan fingerprint density at radius 3 is 2.15 bits per heavy atom. The topological polar surface area (TPSA) is 107 Å². The average molecular weight is 473 g/mol. The Balaban J connectivity index is 1.80. The number of allylic oxidation sites excluding steroid dienone is 1. The van der Waals surface area contributed by atoms with Crippen molar-refractivity contribution in [2.45, 2.75) is 18.7 Å². The predicted octanol–water partition coefficient (Wildman–Crippen LogP) is 4.92. The maximum Gasteiger partial charge on any atom is 0.268 e. The van der Waals surface area contributed by atoms with Crippen molar-refractivity contribution >= 4 is 27.8 Å². The molecule has 1 amide bonds. The Labute approximate surface area is 198 Å². The molecule has 0 unspecified atom stereocenters. The van der Waals surface area contributed by atoms with Gasteiger partial charge in [-0.15, -0.1) is 0 Å². The molecular formula is C26H24N4O3S. The van der Waals surface area contributed by atoms with Gasteiger partial charge in [-0.05, 0) is 43.7 Å². The van der Waals surface area contributed by atoms with Crippen LogP contribution in [-0.4, -0.2) is 24.1 Å². The lowest BCUT2D eigenvalue weighted by atomic mass is 9.98. The van der Waals surface area contributed by atoms with Gasteiger partial charge in [0.2, 0.25) is 0 Å². The van der Waals surface area contributed by atoms with Gasteiger partial charge >= 0.3 is 0 Å². The Morgan fingerprint density at radius 1 is 0.941 bits per heavy atom. The van der Waals surface area contributed by atoms with Gasteiger partial charge in [-0.3, -0.25) is 9.52 Å². The van der Waals surface area contributed by atoms with Gasteiger partial charge in [0.25, 0.3) is 15.9 Å². The summed E-state index contributed by atoms with van der Waals surface area (Å²) in [4.78, 5) is 12.5. The number of rotatable bonds is 7. The predicted molar refractivity (Wildman–Crippen MR) is 135 cm³/mol. The van der Waals surface area contributed by atoms with Crippen LogP contribution in [0.2, 0.25) is 0 Å². The molecule has 0 fully saturated rings. The normalized spacial score (nSPS) is 11.6. The molecule has 3 N–H and O–H groups in total. The van der Waals surface area contributed by atoms with Gasteiger partial charge in [-0.25, -0.2) is 13.1 Å². The number of nitrogens with one attached hydrogen (secondary N) is 1. The third kappa shape index (κ3) is 4.62. The van der Waals surface area contributed by atoms with Crippen molar-refractivity contribution in [2.75, 3.05) is 4.72 Å². The van der Waals surface area contributed by atoms with Crippen molar-refractivity contribution in [3.63, 3.8) is 0 Å². The summed E-state index contributed by atoms with van der Waals surface area (Å²) >= 11 is 0. The summed E-state index contributed by atoms with van der Waals surface area (Å²) in [7, 11) is -3.77. The number of hydrogen-bond acceptors (Lipinski definition) is 4. The van der Waals surface area contributed by atoms with E-state index in [9.17, 15) is 13.2 Å². The zero-order valence-corrected chi connectivity index (χ0v) is 19.6. The minimum absolute atomic E-state index is 0.111. The third-order valence-electron chi connectivity index (χ3n) is 5.24. The Bertz CT molecular complexity index is 1460. The first-order valence-corrected chi connectivity index (χ1v) is 12.1. The van der Waals surface area contributed by atoms with E-state index in [0.717, 1.165) is 11.1 Å². The molecule has 172 valence electrons. The van der Waals surface area contributed by atoms with Crippen LogP contribution in [0.25, 0.3) is 28.6 Å². The second-order valence-corrected chi connectivity index (χ2v) is 9.41. The fourth-order valence-corrected chi connectivity index (χ4v) is 4.69. The molecule has 0 saturated heterocycles. The highest BCUT2D eigenvalue weighted by Gasteiger charge is 2.24. The molecule has 4 aromatic rings. The van der Waals surface area contributed by atoms with E-state index < -0.39 is 15.9 Å². The van der Waals surface area contributed by atoms with Crippen LogP contribution in [-0.2, 0) is 10.0 Å². The molecule has 1 heterocycles. The molecule has 0 aliphatic heterocycles. The van der Waals surface area contributed by atoms with Gasteiger partial charge in [0.1, 0.15) is 11.4 Å². The number of amides is 1. The molecule has 7 nitrogen and oxygen atoms in total. The van der Waals surface area contributed by atoms with Crippen LogP contribution in [0.5, 0.6) is 0 Å². The van der Waals surface area contributed by atoms with Gasteiger partial charge in [0, 0.05) is 23.0 Å². The lowest BCUT2D eigenvalue weighted by Crippen LogP contribution is -2.16. The van der Waals surface area contributed by atoms with Crippen molar-refractivity contribution in [3.05, 3.63) is 96.2 Å².